The Labute approximate surface area is 131 Å². The minimum Gasteiger partial charge on any atom is -0.618 e. The Morgan fingerprint density at radius 3 is 2.76 bits per heavy atom. The van der Waals surface area contributed by atoms with Crippen molar-refractivity contribution in [1.29, 1.82) is 0 Å². The number of nitrogens with zero attached hydrogens (tertiary/aromatic N) is 1. The molecule has 21 heavy (non-hydrogen) atoms. The van der Waals surface area contributed by atoms with Crippen molar-refractivity contribution in [2.45, 2.75) is 4.58 Å². The van der Waals surface area contributed by atoms with Crippen LogP contribution in [0.2, 0.25) is 0 Å². The van der Waals surface area contributed by atoms with E-state index in [1.54, 1.807) is 12.1 Å². The SMILES string of the molecule is O=C(Nc1cccc(C2SCCS2)c1)c1cccc[n+]1[O-]. The highest BCUT2D eigenvalue weighted by atomic mass is 32.2. The standard InChI is InChI=1S/C15H14N2O2S2/c18-14(13-6-1-2-7-17(13)19)16-12-5-3-4-11(10-12)15-20-8-9-21-15/h1-7,10,15H,8-9H2,(H,16,18). The molecule has 0 atom stereocenters. The van der Waals surface area contributed by atoms with Crippen molar-refractivity contribution in [3.8, 4) is 0 Å². The second-order valence-corrected chi connectivity index (χ2v) is 7.29. The molecule has 2 aromatic rings. The Morgan fingerprint density at radius 2 is 2.00 bits per heavy atom. The molecule has 0 unspecified atom stereocenters. The van der Waals surface area contributed by atoms with Gasteiger partial charge in [-0.1, -0.05) is 12.1 Å². The first-order chi connectivity index (χ1) is 10.2. The molecule has 1 aliphatic rings. The van der Waals surface area contributed by atoms with Crippen LogP contribution < -0.4 is 10.0 Å². The monoisotopic (exact) mass is 318 g/mol. The Morgan fingerprint density at radius 1 is 1.19 bits per heavy atom. The van der Waals surface area contributed by atoms with Gasteiger partial charge in [0.25, 0.3) is 5.69 Å². The number of carbonyl (C=O) groups is 1. The van der Waals surface area contributed by atoms with E-state index in [0.29, 0.717) is 9.31 Å². The summed E-state index contributed by atoms with van der Waals surface area (Å²) < 4.78 is 1.00. The maximum absolute atomic E-state index is 12.1. The molecular weight excluding hydrogens is 304 g/mol. The van der Waals surface area contributed by atoms with Gasteiger partial charge in [0.05, 0.1) is 4.58 Å². The molecule has 1 fully saturated rings. The zero-order valence-electron chi connectivity index (χ0n) is 11.2. The number of hydrogen-bond acceptors (Lipinski definition) is 4. The molecule has 1 aromatic carbocycles. The summed E-state index contributed by atoms with van der Waals surface area (Å²) in [4.78, 5) is 12.1. The molecule has 1 saturated heterocycles. The van der Waals surface area contributed by atoms with Crippen molar-refractivity contribution >= 4 is 35.1 Å². The number of amides is 1. The van der Waals surface area contributed by atoms with Crippen molar-refractivity contribution in [2.75, 3.05) is 16.8 Å². The predicted octanol–water partition coefficient (Wildman–Crippen LogP) is 3.05. The van der Waals surface area contributed by atoms with E-state index >= 15 is 0 Å². The number of pyridine rings is 1. The van der Waals surface area contributed by atoms with E-state index in [0.717, 1.165) is 17.2 Å². The zero-order valence-corrected chi connectivity index (χ0v) is 12.8. The maximum Gasteiger partial charge on any atom is 0.321 e. The first-order valence-corrected chi connectivity index (χ1v) is 8.66. The molecule has 108 valence electrons. The van der Waals surface area contributed by atoms with Crippen molar-refractivity contribution in [1.82, 2.24) is 0 Å². The number of thioether (sulfide) groups is 2. The third kappa shape index (κ3) is 3.33. The summed E-state index contributed by atoms with van der Waals surface area (Å²) in [5, 5.41) is 14.4. The van der Waals surface area contributed by atoms with E-state index in [1.165, 1.54) is 17.8 Å². The summed E-state index contributed by atoms with van der Waals surface area (Å²) in [5.41, 5.74) is 2.00. The van der Waals surface area contributed by atoms with Crippen LogP contribution in [0.15, 0.2) is 48.7 Å². The van der Waals surface area contributed by atoms with E-state index in [-0.39, 0.29) is 5.69 Å². The summed E-state index contributed by atoms with van der Waals surface area (Å²) in [7, 11) is 0. The number of hydrogen-bond donors (Lipinski definition) is 1. The molecule has 2 heterocycles. The maximum atomic E-state index is 12.1. The fourth-order valence-corrected chi connectivity index (χ4v) is 4.95. The van der Waals surface area contributed by atoms with Crippen LogP contribution in [0.4, 0.5) is 5.69 Å². The quantitative estimate of drug-likeness (QED) is 0.698. The van der Waals surface area contributed by atoms with Crippen LogP contribution in [0, 0.1) is 5.21 Å². The molecule has 0 spiro atoms. The van der Waals surface area contributed by atoms with Gasteiger partial charge >= 0.3 is 5.91 Å². The first kappa shape index (κ1) is 14.3. The number of benzene rings is 1. The number of anilines is 1. The zero-order chi connectivity index (χ0) is 14.7. The fourth-order valence-electron chi connectivity index (χ4n) is 2.11. The Hall–Kier alpha value is -1.66. The number of carbonyl (C=O) groups excluding carboxylic acids is 1. The van der Waals surface area contributed by atoms with Gasteiger partial charge in [-0.25, -0.2) is 0 Å². The van der Waals surface area contributed by atoms with Crippen LogP contribution in [0.1, 0.15) is 20.6 Å². The number of aromatic nitrogens is 1. The molecule has 0 radical (unpaired) electrons. The molecule has 1 aromatic heterocycles. The Kier molecular flexibility index (Phi) is 4.36. The summed E-state index contributed by atoms with van der Waals surface area (Å²) in [6.45, 7) is 0. The van der Waals surface area contributed by atoms with Crippen molar-refractivity contribution < 1.29 is 9.52 Å². The molecular formula is C15H14N2O2S2. The lowest BCUT2D eigenvalue weighted by molar-refractivity contribution is -0.607. The van der Waals surface area contributed by atoms with Crippen molar-refractivity contribution in [2.24, 2.45) is 0 Å². The highest BCUT2D eigenvalue weighted by molar-refractivity contribution is 8.19. The fraction of sp³-hybridized carbons (Fsp3) is 0.200. The van der Waals surface area contributed by atoms with Gasteiger partial charge in [0.15, 0.2) is 6.20 Å². The molecule has 0 bridgehead atoms. The van der Waals surface area contributed by atoms with E-state index in [2.05, 4.69) is 11.4 Å². The van der Waals surface area contributed by atoms with Gasteiger partial charge in [0, 0.05) is 29.3 Å². The second-order valence-electron chi connectivity index (χ2n) is 4.56. The lowest BCUT2D eigenvalue weighted by Crippen LogP contribution is -2.36. The Balaban J connectivity index is 1.77. The van der Waals surface area contributed by atoms with Crippen LogP contribution in [0.25, 0.3) is 0 Å². The second kappa shape index (κ2) is 6.41. The van der Waals surface area contributed by atoms with Gasteiger partial charge in [-0.3, -0.25) is 4.79 Å². The predicted molar refractivity (Wildman–Crippen MR) is 87.5 cm³/mol. The number of nitrogens with one attached hydrogen (secondary N) is 1. The molecule has 1 aliphatic heterocycles. The third-order valence-corrected chi connectivity index (χ3v) is 6.20. The molecule has 1 amide bonds. The van der Waals surface area contributed by atoms with Crippen LogP contribution in [-0.4, -0.2) is 17.4 Å². The van der Waals surface area contributed by atoms with E-state index in [4.69, 9.17) is 0 Å². The summed E-state index contributed by atoms with van der Waals surface area (Å²) in [5.74, 6) is 1.92. The molecule has 6 heteroatoms. The minimum absolute atomic E-state index is 0.0903. The lowest BCUT2D eigenvalue weighted by Gasteiger charge is -2.11. The van der Waals surface area contributed by atoms with Crippen LogP contribution in [-0.2, 0) is 0 Å². The van der Waals surface area contributed by atoms with Gasteiger partial charge in [-0.15, -0.1) is 23.5 Å². The van der Waals surface area contributed by atoms with Crippen LogP contribution in [0.5, 0.6) is 0 Å². The van der Waals surface area contributed by atoms with Gasteiger partial charge in [0.2, 0.25) is 0 Å². The lowest BCUT2D eigenvalue weighted by atomic mass is 10.2. The molecule has 1 N–H and O–H groups in total. The van der Waals surface area contributed by atoms with E-state index in [9.17, 15) is 10.0 Å². The molecule has 4 nitrogen and oxygen atoms in total. The average molecular weight is 318 g/mol. The van der Waals surface area contributed by atoms with Gasteiger partial charge in [-0.2, -0.15) is 4.73 Å². The Bertz CT molecular complexity index is 658. The van der Waals surface area contributed by atoms with Gasteiger partial charge < -0.3 is 10.5 Å². The highest BCUT2D eigenvalue weighted by Gasteiger charge is 2.19. The molecule has 0 saturated carbocycles. The minimum atomic E-state index is -0.394. The van der Waals surface area contributed by atoms with Gasteiger partial charge in [0.1, 0.15) is 0 Å². The summed E-state index contributed by atoms with van der Waals surface area (Å²) >= 11 is 3.84. The van der Waals surface area contributed by atoms with Crippen LogP contribution in [0.3, 0.4) is 0 Å². The molecule has 3 rings (SSSR count). The number of rotatable bonds is 3. The van der Waals surface area contributed by atoms with E-state index in [1.807, 2.05) is 41.7 Å². The normalized spacial score (nSPS) is 15.0. The topological polar surface area (TPSA) is 56.0 Å². The van der Waals surface area contributed by atoms with Crippen molar-refractivity contribution in [3.05, 3.63) is 65.1 Å². The average Bonchev–Trinajstić information content (AvgIpc) is 3.02. The first-order valence-electron chi connectivity index (χ1n) is 6.57. The highest BCUT2D eigenvalue weighted by Crippen LogP contribution is 2.45. The van der Waals surface area contributed by atoms with Crippen molar-refractivity contribution in [3.63, 3.8) is 0 Å². The third-order valence-electron chi connectivity index (χ3n) is 3.10. The van der Waals surface area contributed by atoms with Gasteiger partial charge in [-0.05, 0) is 23.8 Å². The summed E-state index contributed by atoms with van der Waals surface area (Å²) in [6, 6.07) is 12.6. The largest absolute Gasteiger partial charge is 0.618 e. The smallest absolute Gasteiger partial charge is 0.321 e. The molecule has 0 aliphatic carbocycles. The van der Waals surface area contributed by atoms with Crippen LogP contribution >= 0.6 is 23.5 Å². The summed E-state index contributed by atoms with van der Waals surface area (Å²) in [6.07, 6.45) is 1.32. The van der Waals surface area contributed by atoms with E-state index < -0.39 is 5.91 Å².